The Labute approximate surface area is 194 Å². The van der Waals surface area contributed by atoms with Gasteiger partial charge in [-0.1, -0.05) is 54.6 Å². The van der Waals surface area contributed by atoms with Crippen LogP contribution in [0.2, 0.25) is 0 Å². The first-order chi connectivity index (χ1) is 16.1. The van der Waals surface area contributed by atoms with Crippen LogP contribution in [0.4, 0.5) is 10.5 Å². The summed E-state index contributed by atoms with van der Waals surface area (Å²) in [6.45, 7) is 1.02. The summed E-state index contributed by atoms with van der Waals surface area (Å²) in [5, 5.41) is 2.90. The Kier molecular flexibility index (Phi) is 6.93. The van der Waals surface area contributed by atoms with Gasteiger partial charge in [-0.25, -0.2) is 4.79 Å². The second-order valence-corrected chi connectivity index (χ2v) is 8.09. The molecule has 6 heteroatoms. The molecule has 3 aromatic carbocycles. The van der Waals surface area contributed by atoms with Gasteiger partial charge >= 0.3 is 6.03 Å². The predicted molar refractivity (Wildman–Crippen MR) is 129 cm³/mol. The zero-order chi connectivity index (χ0) is 23.2. The number of carbonyl (C=O) groups excluding carboxylic acids is 2. The topological polar surface area (TPSA) is 67.9 Å². The normalized spacial score (nSPS) is 15.6. The quantitative estimate of drug-likeness (QED) is 0.510. The minimum Gasteiger partial charge on any atom is -0.493 e. The number of Topliss-reactive ketones (excluding diaryl/α,β-unsaturated/α-hetero) is 1. The van der Waals surface area contributed by atoms with Crippen molar-refractivity contribution in [1.82, 2.24) is 4.90 Å². The van der Waals surface area contributed by atoms with Crippen molar-refractivity contribution in [3.63, 3.8) is 0 Å². The van der Waals surface area contributed by atoms with E-state index in [9.17, 15) is 9.59 Å². The standard InChI is InChI=1S/C27H28N2O4/c1-32-24-15-14-23(17-25(24)33-2)28-27(31)29-16-6-9-22(18-29)26(30)21-12-10-20(11-13-21)19-7-4-3-5-8-19/h3-5,7-8,10-15,17,22H,6,9,16,18H2,1-2H3,(H,28,31)/t22-/m1/s1. The van der Waals surface area contributed by atoms with E-state index in [0.717, 1.165) is 24.0 Å². The lowest BCUT2D eigenvalue weighted by molar-refractivity contribution is 0.0851. The monoisotopic (exact) mass is 444 g/mol. The van der Waals surface area contributed by atoms with Crippen LogP contribution in [-0.4, -0.2) is 44.0 Å². The minimum absolute atomic E-state index is 0.0817. The number of anilines is 1. The summed E-state index contributed by atoms with van der Waals surface area (Å²) in [7, 11) is 3.12. The highest BCUT2D eigenvalue weighted by Crippen LogP contribution is 2.30. The van der Waals surface area contributed by atoms with E-state index < -0.39 is 0 Å². The second kappa shape index (κ2) is 10.2. The van der Waals surface area contributed by atoms with Gasteiger partial charge in [0.25, 0.3) is 0 Å². The number of hydrogen-bond donors (Lipinski definition) is 1. The zero-order valence-corrected chi connectivity index (χ0v) is 18.9. The molecule has 0 radical (unpaired) electrons. The summed E-state index contributed by atoms with van der Waals surface area (Å²) >= 11 is 0. The van der Waals surface area contributed by atoms with Gasteiger partial charge in [0.2, 0.25) is 0 Å². The van der Waals surface area contributed by atoms with E-state index in [2.05, 4.69) is 5.32 Å². The van der Waals surface area contributed by atoms with E-state index in [0.29, 0.717) is 35.8 Å². The number of nitrogens with one attached hydrogen (secondary N) is 1. The summed E-state index contributed by atoms with van der Waals surface area (Å²) in [4.78, 5) is 27.7. The zero-order valence-electron chi connectivity index (χ0n) is 18.9. The predicted octanol–water partition coefficient (Wildman–Crippen LogP) is 5.50. The fourth-order valence-electron chi connectivity index (χ4n) is 4.19. The molecule has 1 aliphatic heterocycles. The van der Waals surface area contributed by atoms with Crippen molar-refractivity contribution < 1.29 is 19.1 Å². The summed E-state index contributed by atoms with van der Waals surface area (Å²) < 4.78 is 10.5. The first-order valence-electron chi connectivity index (χ1n) is 11.1. The molecular weight excluding hydrogens is 416 g/mol. The Hall–Kier alpha value is -3.80. The van der Waals surface area contributed by atoms with Crippen molar-refractivity contribution in [2.45, 2.75) is 12.8 Å². The van der Waals surface area contributed by atoms with Crippen molar-refractivity contribution >= 4 is 17.5 Å². The Morgan fingerprint density at radius 1 is 0.879 bits per heavy atom. The highest BCUT2D eigenvalue weighted by atomic mass is 16.5. The van der Waals surface area contributed by atoms with Crippen LogP contribution in [0, 0.1) is 5.92 Å². The van der Waals surface area contributed by atoms with E-state index >= 15 is 0 Å². The molecule has 3 aromatic rings. The number of ketones is 1. The molecule has 0 spiro atoms. The third-order valence-electron chi connectivity index (χ3n) is 5.99. The van der Waals surface area contributed by atoms with Gasteiger partial charge in [0.1, 0.15) is 0 Å². The van der Waals surface area contributed by atoms with E-state index in [1.54, 1.807) is 37.3 Å². The maximum atomic E-state index is 13.1. The molecule has 1 N–H and O–H groups in total. The Balaban J connectivity index is 1.40. The molecular formula is C27H28N2O4. The number of likely N-dealkylation sites (tertiary alicyclic amines) is 1. The van der Waals surface area contributed by atoms with E-state index in [-0.39, 0.29) is 17.7 Å². The number of methoxy groups -OCH3 is 2. The number of benzene rings is 3. The van der Waals surface area contributed by atoms with Crippen LogP contribution < -0.4 is 14.8 Å². The van der Waals surface area contributed by atoms with Crippen LogP contribution >= 0.6 is 0 Å². The van der Waals surface area contributed by atoms with Crippen LogP contribution in [0.3, 0.4) is 0 Å². The van der Waals surface area contributed by atoms with Crippen molar-refractivity contribution in [3.05, 3.63) is 78.4 Å². The number of ether oxygens (including phenoxy) is 2. The first-order valence-corrected chi connectivity index (χ1v) is 11.1. The van der Waals surface area contributed by atoms with Crippen LogP contribution in [0.1, 0.15) is 23.2 Å². The van der Waals surface area contributed by atoms with Gasteiger partial charge in [-0.2, -0.15) is 0 Å². The lowest BCUT2D eigenvalue weighted by Gasteiger charge is -2.32. The Morgan fingerprint density at radius 3 is 2.27 bits per heavy atom. The molecule has 1 aliphatic rings. The maximum absolute atomic E-state index is 13.1. The molecule has 1 fully saturated rings. The summed E-state index contributed by atoms with van der Waals surface area (Å²) in [6, 6.07) is 22.8. The first kappa shape index (κ1) is 22.4. The molecule has 1 heterocycles. The van der Waals surface area contributed by atoms with Crippen molar-refractivity contribution in [2.24, 2.45) is 5.92 Å². The van der Waals surface area contributed by atoms with Crippen molar-refractivity contribution in [2.75, 3.05) is 32.6 Å². The number of nitrogens with zero attached hydrogens (tertiary/aromatic N) is 1. The highest BCUT2D eigenvalue weighted by molar-refractivity contribution is 5.99. The largest absolute Gasteiger partial charge is 0.493 e. The number of piperidine rings is 1. The molecule has 0 bridgehead atoms. The van der Waals surface area contributed by atoms with Crippen LogP contribution in [0.25, 0.3) is 11.1 Å². The smallest absolute Gasteiger partial charge is 0.321 e. The fraction of sp³-hybridized carbons (Fsp3) is 0.259. The molecule has 4 rings (SSSR count). The average molecular weight is 445 g/mol. The van der Waals surface area contributed by atoms with Gasteiger partial charge in [-0.15, -0.1) is 0 Å². The number of carbonyl (C=O) groups is 2. The highest BCUT2D eigenvalue weighted by Gasteiger charge is 2.29. The molecule has 1 saturated heterocycles. The van der Waals surface area contributed by atoms with Gasteiger partial charge in [-0.05, 0) is 36.1 Å². The maximum Gasteiger partial charge on any atom is 0.321 e. The third kappa shape index (κ3) is 5.17. The summed E-state index contributed by atoms with van der Waals surface area (Å²) in [6.07, 6.45) is 1.57. The van der Waals surface area contributed by atoms with E-state index in [4.69, 9.17) is 9.47 Å². The molecule has 0 aliphatic carbocycles. The second-order valence-electron chi connectivity index (χ2n) is 8.09. The molecule has 2 amide bonds. The molecule has 170 valence electrons. The van der Waals surface area contributed by atoms with Gasteiger partial charge in [0.05, 0.1) is 14.2 Å². The fourth-order valence-corrected chi connectivity index (χ4v) is 4.19. The lowest BCUT2D eigenvalue weighted by atomic mass is 9.89. The molecule has 1 atom stereocenters. The van der Waals surface area contributed by atoms with Crippen LogP contribution in [0.15, 0.2) is 72.8 Å². The molecule has 6 nitrogen and oxygen atoms in total. The summed E-state index contributed by atoms with van der Waals surface area (Å²) in [5.41, 5.74) is 3.49. The number of rotatable bonds is 6. The van der Waals surface area contributed by atoms with Gasteiger partial charge < -0.3 is 19.7 Å². The van der Waals surface area contributed by atoms with Crippen molar-refractivity contribution in [3.8, 4) is 22.6 Å². The third-order valence-corrected chi connectivity index (χ3v) is 5.99. The van der Waals surface area contributed by atoms with Crippen LogP contribution in [-0.2, 0) is 0 Å². The van der Waals surface area contributed by atoms with E-state index in [1.165, 1.54) is 0 Å². The van der Waals surface area contributed by atoms with Gasteiger partial charge in [0, 0.05) is 36.3 Å². The number of urea groups is 1. The van der Waals surface area contributed by atoms with Crippen molar-refractivity contribution in [1.29, 1.82) is 0 Å². The van der Waals surface area contributed by atoms with Gasteiger partial charge in [0.15, 0.2) is 17.3 Å². The molecule has 0 saturated carbocycles. The molecule has 33 heavy (non-hydrogen) atoms. The average Bonchev–Trinajstić information content (AvgIpc) is 2.88. The SMILES string of the molecule is COc1ccc(NC(=O)N2CCC[C@@H](C(=O)c3ccc(-c4ccccc4)cc3)C2)cc1OC. The summed E-state index contributed by atoms with van der Waals surface area (Å²) in [5.74, 6) is 1.01. The lowest BCUT2D eigenvalue weighted by Crippen LogP contribution is -2.44. The van der Waals surface area contributed by atoms with Crippen LogP contribution in [0.5, 0.6) is 11.5 Å². The molecule has 0 aromatic heterocycles. The number of amides is 2. The van der Waals surface area contributed by atoms with E-state index in [1.807, 2.05) is 54.6 Å². The Bertz CT molecular complexity index is 1110. The number of hydrogen-bond acceptors (Lipinski definition) is 4. The molecule has 0 unspecified atom stereocenters. The van der Waals surface area contributed by atoms with Gasteiger partial charge in [-0.3, -0.25) is 4.79 Å². The Morgan fingerprint density at radius 2 is 1.58 bits per heavy atom. The minimum atomic E-state index is -0.223.